The summed E-state index contributed by atoms with van der Waals surface area (Å²) in [5.74, 6) is -0.303. The first-order chi connectivity index (χ1) is 9.27. The topological polar surface area (TPSA) is 86.7 Å². The zero-order chi connectivity index (χ0) is 15.3. The van der Waals surface area contributed by atoms with E-state index in [-0.39, 0.29) is 17.3 Å². The SMILES string of the molecule is CCN(C)C(=O)CNS(=O)(=O)c1cccc(C(C)O)c1. The highest BCUT2D eigenvalue weighted by Gasteiger charge is 2.17. The Kier molecular flexibility index (Phi) is 5.67. The normalized spacial score (nSPS) is 13.0. The van der Waals surface area contributed by atoms with Gasteiger partial charge in [-0.25, -0.2) is 13.1 Å². The molecule has 6 nitrogen and oxygen atoms in total. The third-order valence-electron chi connectivity index (χ3n) is 2.96. The van der Waals surface area contributed by atoms with Gasteiger partial charge in [0, 0.05) is 13.6 Å². The highest BCUT2D eigenvalue weighted by molar-refractivity contribution is 7.89. The molecule has 1 aromatic carbocycles. The van der Waals surface area contributed by atoms with E-state index in [1.54, 1.807) is 33.0 Å². The molecule has 0 aliphatic rings. The first kappa shape index (κ1) is 16.6. The van der Waals surface area contributed by atoms with Crippen molar-refractivity contribution in [2.75, 3.05) is 20.1 Å². The van der Waals surface area contributed by atoms with Crippen molar-refractivity contribution in [3.05, 3.63) is 29.8 Å². The van der Waals surface area contributed by atoms with Crippen LogP contribution in [0.15, 0.2) is 29.2 Å². The Labute approximate surface area is 119 Å². The number of carbonyl (C=O) groups is 1. The third kappa shape index (κ3) is 4.29. The molecule has 0 fully saturated rings. The highest BCUT2D eigenvalue weighted by atomic mass is 32.2. The lowest BCUT2D eigenvalue weighted by Gasteiger charge is -2.15. The quantitative estimate of drug-likeness (QED) is 0.801. The van der Waals surface area contributed by atoms with E-state index in [0.717, 1.165) is 0 Å². The third-order valence-corrected chi connectivity index (χ3v) is 4.36. The Bertz CT molecular complexity index is 569. The minimum absolute atomic E-state index is 0.0304. The molecule has 0 bridgehead atoms. The number of aliphatic hydroxyl groups excluding tert-OH is 1. The summed E-state index contributed by atoms with van der Waals surface area (Å²) in [6, 6.07) is 6.00. The van der Waals surface area contributed by atoms with Gasteiger partial charge in [-0.15, -0.1) is 0 Å². The minimum atomic E-state index is -3.76. The van der Waals surface area contributed by atoms with Gasteiger partial charge in [0.05, 0.1) is 17.5 Å². The number of amides is 1. The summed E-state index contributed by atoms with van der Waals surface area (Å²) in [4.78, 5) is 13.0. The monoisotopic (exact) mass is 300 g/mol. The maximum atomic E-state index is 12.1. The first-order valence-corrected chi connectivity index (χ1v) is 7.78. The van der Waals surface area contributed by atoms with Crippen LogP contribution in [-0.2, 0) is 14.8 Å². The molecular weight excluding hydrogens is 280 g/mol. The first-order valence-electron chi connectivity index (χ1n) is 6.29. The Morgan fingerprint density at radius 2 is 2.10 bits per heavy atom. The van der Waals surface area contributed by atoms with Crippen molar-refractivity contribution in [3.63, 3.8) is 0 Å². The van der Waals surface area contributed by atoms with E-state index < -0.39 is 16.1 Å². The van der Waals surface area contributed by atoms with E-state index in [1.807, 2.05) is 0 Å². The van der Waals surface area contributed by atoms with E-state index in [1.165, 1.54) is 17.0 Å². The average molecular weight is 300 g/mol. The fourth-order valence-electron chi connectivity index (χ4n) is 1.49. The molecule has 0 saturated heterocycles. The molecule has 0 spiro atoms. The number of sulfonamides is 1. The van der Waals surface area contributed by atoms with Crippen LogP contribution in [0, 0.1) is 0 Å². The smallest absolute Gasteiger partial charge is 0.241 e. The second-order valence-electron chi connectivity index (χ2n) is 4.48. The van der Waals surface area contributed by atoms with Crippen molar-refractivity contribution in [3.8, 4) is 0 Å². The number of likely N-dealkylation sites (N-methyl/N-ethyl adjacent to an activating group) is 1. The molecule has 0 heterocycles. The van der Waals surface area contributed by atoms with Gasteiger partial charge in [0.2, 0.25) is 15.9 Å². The molecule has 20 heavy (non-hydrogen) atoms. The number of benzene rings is 1. The Morgan fingerprint density at radius 1 is 1.45 bits per heavy atom. The van der Waals surface area contributed by atoms with Gasteiger partial charge in [-0.3, -0.25) is 4.79 Å². The fourth-order valence-corrected chi connectivity index (χ4v) is 2.52. The van der Waals surface area contributed by atoms with Crippen LogP contribution in [0.5, 0.6) is 0 Å². The van der Waals surface area contributed by atoms with Crippen molar-refractivity contribution in [1.29, 1.82) is 0 Å². The molecule has 0 radical (unpaired) electrons. The molecular formula is C13H20N2O4S. The predicted octanol–water partition coefficient (Wildman–Crippen LogP) is 0.496. The predicted molar refractivity (Wildman–Crippen MR) is 75.6 cm³/mol. The molecule has 0 saturated carbocycles. The number of carbonyl (C=O) groups excluding carboxylic acids is 1. The summed E-state index contributed by atoms with van der Waals surface area (Å²) in [5.41, 5.74) is 0.505. The second kappa shape index (κ2) is 6.83. The average Bonchev–Trinajstić information content (AvgIpc) is 2.44. The Hall–Kier alpha value is -1.44. The second-order valence-corrected chi connectivity index (χ2v) is 6.25. The van der Waals surface area contributed by atoms with Crippen molar-refractivity contribution < 1.29 is 18.3 Å². The van der Waals surface area contributed by atoms with Gasteiger partial charge in [-0.1, -0.05) is 12.1 Å². The summed E-state index contributed by atoms with van der Waals surface area (Å²) in [6.45, 7) is 3.58. The minimum Gasteiger partial charge on any atom is -0.389 e. The number of hydrogen-bond acceptors (Lipinski definition) is 4. The van der Waals surface area contributed by atoms with Crippen molar-refractivity contribution in [2.45, 2.75) is 24.8 Å². The van der Waals surface area contributed by atoms with Gasteiger partial charge < -0.3 is 10.0 Å². The Morgan fingerprint density at radius 3 is 2.65 bits per heavy atom. The number of hydrogen-bond donors (Lipinski definition) is 2. The van der Waals surface area contributed by atoms with Crippen LogP contribution >= 0.6 is 0 Å². The van der Waals surface area contributed by atoms with E-state index >= 15 is 0 Å². The van der Waals surface area contributed by atoms with Crippen LogP contribution in [0.3, 0.4) is 0 Å². The largest absolute Gasteiger partial charge is 0.389 e. The van der Waals surface area contributed by atoms with Gasteiger partial charge in [-0.2, -0.15) is 0 Å². The number of nitrogens with zero attached hydrogens (tertiary/aromatic N) is 1. The van der Waals surface area contributed by atoms with E-state index in [2.05, 4.69) is 4.72 Å². The van der Waals surface area contributed by atoms with Crippen LogP contribution in [0.1, 0.15) is 25.5 Å². The van der Waals surface area contributed by atoms with Crippen LogP contribution in [0.2, 0.25) is 0 Å². The van der Waals surface area contributed by atoms with Crippen LogP contribution < -0.4 is 4.72 Å². The molecule has 7 heteroatoms. The fraction of sp³-hybridized carbons (Fsp3) is 0.462. The summed E-state index contributed by atoms with van der Waals surface area (Å²) >= 11 is 0. The molecule has 1 aromatic rings. The molecule has 2 N–H and O–H groups in total. The molecule has 0 aromatic heterocycles. The maximum Gasteiger partial charge on any atom is 0.241 e. The van der Waals surface area contributed by atoms with Crippen LogP contribution in [-0.4, -0.2) is 44.5 Å². The van der Waals surface area contributed by atoms with E-state index in [9.17, 15) is 18.3 Å². The zero-order valence-corrected chi connectivity index (χ0v) is 12.6. The summed E-state index contributed by atoms with van der Waals surface area (Å²) in [6.07, 6.45) is -0.752. The van der Waals surface area contributed by atoms with Gasteiger partial charge in [0.15, 0.2) is 0 Å². The lowest BCUT2D eigenvalue weighted by molar-refractivity contribution is -0.128. The van der Waals surface area contributed by atoms with Gasteiger partial charge >= 0.3 is 0 Å². The standard InChI is InChI=1S/C13H20N2O4S/c1-4-15(3)13(17)9-14-20(18,19)12-7-5-6-11(8-12)10(2)16/h5-8,10,14,16H,4,9H2,1-3H3. The van der Waals surface area contributed by atoms with E-state index in [0.29, 0.717) is 12.1 Å². The molecule has 0 aliphatic heterocycles. The number of nitrogens with one attached hydrogen (secondary N) is 1. The van der Waals surface area contributed by atoms with E-state index in [4.69, 9.17) is 0 Å². The molecule has 1 rings (SSSR count). The van der Waals surface area contributed by atoms with Crippen molar-refractivity contribution in [2.24, 2.45) is 0 Å². The summed E-state index contributed by atoms with van der Waals surface area (Å²) < 4.78 is 26.4. The van der Waals surface area contributed by atoms with Crippen molar-refractivity contribution >= 4 is 15.9 Å². The lowest BCUT2D eigenvalue weighted by Crippen LogP contribution is -2.37. The zero-order valence-electron chi connectivity index (χ0n) is 11.8. The summed E-state index contributed by atoms with van der Waals surface area (Å²) in [7, 11) is -2.16. The molecule has 1 atom stereocenters. The molecule has 1 unspecified atom stereocenters. The van der Waals surface area contributed by atoms with Crippen LogP contribution in [0.25, 0.3) is 0 Å². The molecule has 112 valence electrons. The van der Waals surface area contributed by atoms with Gasteiger partial charge in [0.1, 0.15) is 0 Å². The van der Waals surface area contributed by atoms with Crippen LogP contribution in [0.4, 0.5) is 0 Å². The van der Waals surface area contributed by atoms with Gasteiger partial charge in [-0.05, 0) is 31.5 Å². The Balaban J connectivity index is 2.84. The number of aliphatic hydroxyl groups is 1. The molecule has 1 amide bonds. The molecule has 0 aliphatic carbocycles. The maximum absolute atomic E-state index is 12.1. The highest BCUT2D eigenvalue weighted by Crippen LogP contribution is 2.16. The van der Waals surface area contributed by atoms with Gasteiger partial charge in [0.25, 0.3) is 0 Å². The number of rotatable bonds is 6. The van der Waals surface area contributed by atoms with Crippen molar-refractivity contribution in [1.82, 2.24) is 9.62 Å². The lowest BCUT2D eigenvalue weighted by atomic mass is 10.1. The summed E-state index contributed by atoms with van der Waals surface area (Å²) in [5, 5.41) is 9.46.